The van der Waals surface area contributed by atoms with Gasteiger partial charge in [-0.25, -0.2) is 8.42 Å². The van der Waals surface area contributed by atoms with E-state index in [2.05, 4.69) is 39.3 Å². The molecule has 34 heavy (non-hydrogen) atoms. The van der Waals surface area contributed by atoms with E-state index in [4.69, 9.17) is 22.8 Å². The van der Waals surface area contributed by atoms with Crippen molar-refractivity contribution in [1.82, 2.24) is 9.62 Å². The van der Waals surface area contributed by atoms with Crippen LogP contribution in [0.3, 0.4) is 0 Å². The highest BCUT2D eigenvalue weighted by Crippen LogP contribution is 2.26. The molecule has 2 aromatic carbocycles. The second kappa shape index (κ2) is 12.9. The Balaban J connectivity index is 1.73. The molecule has 1 aromatic heterocycles. The summed E-state index contributed by atoms with van der Waals surface area (Å²) >= 11 is 7.98. The van der Waals surface area contributed by atoms with E-state index in [0.29, 0.717) is 18.2 Å². The van der Waals surface area contributed by atoms with Gasteiger partial charge in [0.05, 0.1) is 18.0 Å². The number of rotatable bonds is 13. The largest absolute Gasteiger partial charge is 0.493 e. The van der Waals surface area contributed by atoms with Gasteiger partial charge in [-0.2, -0.15) is 16.1 Å². The number of halogens is 1. The lowest BCUT2D eigenvalue weighted by atomic mass is 10.1. The van der Waals surface area contributed by atoms with Crippen molar-refractivity contribution >= 4 is 33.0 Å². The van der Waals surface area contributed by atoms with Gasteiger partial charge in [0, 0.05) is 30.2 Å². The fourth-order valence-corrected chi connectivity index (χ4v) is 5.25. The van der Waals surface area contributed by atoms with E-state index in [1.807, 2.05) is 30.3 Å². The minimum atomic E-state index is -3.59. The van der Waals surface area contributed by atoms with Crippen molar-refractivity contribution in [1.29, 1.82) is 0 Å². The van der Waals surface area contributed by atoms with Crippen molar-refractivity contribution in [3.63, 3.8) is 0 Å². The number of thiophene rings is 1. The molecule has 5 nitrogen and oxygen atoms in total. The van der Waals surface area contributed by atoms with Crippen molar-refractivity contribution in [2.45, 2.75) is 37.8 Å². The molecule has 0 atom stereocenters. The van der Waals surface area contributed by atoms with E-state index < -0.39 is 10.0 Å². The first-order valence-electron chi connectivity index (χ1n) is 11.1. The SMILES string of the molecule is C#CCNS(=O)(=O)c1ccc(CCN(Cc2ccsc2)Cc2cc(Cl)ccc2OCCC)cc1. The lowest BCUT2D eigenvalue weighted by Crippen LogP contribution is -2.26. The van der Waals surface area contributed by atoms with Gasteiger partial charge in [0.15, 0.2) is 0 Å². The summed E-state index contributed by atoms with van der Waals surface area (Å²) in [7, 11) is -3.59. The Morgan fingerprint density at radius 3 is 2.59 bits per heavy atom. The van der Waals surface area contributed by atoms with Crippen LogP contribution in [0.15, 0.2) is 64.2 Å². The molecule has 0 aliphatic carbocycles. The third kappa shape index (κ3) is 7.86. The summed E-state index contributed by atoms with van der Waals surface area (Å²) in [6, 6.07) is 14.8. The van der Waals surface area contributed by atoms with Gasteiger partial charge in [0.2, 0.25) is 10.0 Å². The summed E-state index contributed by atoms with van der Waals surface area (Å²) in [4.78, 5) is 2.56. The molecule has 180 valence electrons. The van der Waals surface area contributed by atoms with Crippen molar-refractivity contribution < 1.29 is 13.2 Å². The Morgan fingerprint density at radius 1 is 1.12 bits per heavy atom. The lowest BCUT2D eigenvalue weighted by molar-refractivity contribution is 0.250. The molecule has 1 heterocycles. The van der Waals surface area contributed by atoms with Crippen LogP contribution in [0.25, 0.3) is 0 Å². The highest BCUT2D eigenvalue weighted by molar-refractivity contribution is 7.89. The predicted molar refractivity (Wildman–Crippen MR) is 140 cm³/mol. The predicted octanol–water partition coefficient (Wildman–Crippen LogP) is 5.35. The molecule has 0 bridgehead atoms. The van der Waals surface area contributed by atoms with Crippen LogP contribution in [0.4, 0.5) is 0 Å². The minimum absolute atomic E-state index is 0.0326. The minimum Gasteiger partial charge on any atom is -0.493 e. The van der Waals surface area contributed by atoms with Gasteiger partial charge < -0.3 is 4.74 Å². The van der Waals surface area contributed by atoms with Gasteiger partial charge in [-0.1, -0.05) is 36.6 Å². The smallest absolute Gasteiger partial charge is 0.241 e. The van der Waals surface area contributed by atoms with Gasteiger partial charge in [0.1, 0.15) is 5.75 Å². The zero-order valence-corrected chi connectivity index (χ0v) is 21.6. The number of hydrogen-bond donors (Lipinski definition) is 1. The Hall–Kier alpha value is -2.34. The number of ether oxygens (including phenoxy) is 1. The molecule has 3 aromatic rings. The molecule has 0 saturated carbocycles. The molecule has 0 aliphatic rings. The zero-order chi connectivity index (χ0) is 24.4. The van der Waals surface area contributed by atoms with Crippen molar-refractivity contribution in [2.75, 3.05) is 19.7 Å². The van der Waals surface area contributed by atoms with Gasteiger partial charge in [-0.15, -0.1) is 6.42 Å². The van der Waals surface area contributed by atoms with Gasteiger partial charge in [-0.05, 0) is 71.1 Å². The molecule has 0 unspecified atom stereocenters. The number of nitrogens with one attached hydrogen (secondary N) is 1. The average Bonchev–Trinajstić information content (AvgIpc) is 3.34. The fraction of sp³-hybridized carbons (Fsp3) is 0.308. The van der Waals surface area contributed by atoms with Crippen LogP contribution >= 0.6 is 22.9 Å². The normalized spacial score (nSPS) is 11.5. The number of nitrogens with zero attached hydrogens (tertiary/aromatic N) is 1. The standard InChI is InChI=1S/C26H29ClN2O3S2/c1-3-13-28-34(30,31)25-8-5-21(6-9-25)11-14-29(18-22-12-16-33-20-22)19-23-17-24(27)7-10-26(23)32-15-4-2/h1,5-10,12,16-17,20,28H,4,11,13-15,18-19H2,2H3. The number of hydrogen-bond acceptors (Lipinski definition) is 5. The molecule has 0 saturated heterocycles. The number of sulfonamides is 1. The molecular formula is C26H29ClN2O3S2. The third-order valence-corrected chi connectivity index (χ3v) is 7.56. The maximum absolute atomic E-state index is 12.2. The maximum atomic E-state index is 12.2. The Bertz CT molecular complexity index is 1190. The summed E-state index contributed by atoms with van der Waals surface area (Å²) in [6.07, 6.45) is 6.86. The van der Waals surface area contributed by atoms with E-state index in [1.165, 1.54) is 5.56 Å². The molecule has 0 spiro atoms. The molecule has 3 rings (SSSR count). The van der Waals surface area contributed by atoms with Crippen molar-refractivity contribution in [2.24, 2.45) is 0 Å². The van der Waals surface area contributed by atoms with Crippen LogP contribution in [0, 0.1) is 12.3 Å². The lowest BCUT2D eigenvalue weighted by Gasteiger charge is -2.24. The molecule has 0 fully saturated rings. The summed E-state index contributed by atoms with van der Waals surface area (Å²) in [5, 5.41) is 4.92. The summed E-state index contributed by atoms with van der Waals surface area (Å²) in [5.41, 5.74) is 3.36. The second-order valence-corrected chi connectivity index (χ2v) is 10.8. The van der Waals surface area contributed by atoms with E-state index >= 15 is 0 Å². The highest BCUT2D eigenvalue weighted by Gasteiger charge is 2.15. The third-order valence-electron chi connectivity index (χ3n) is 5.18. The van der Waals surface area contributed by atoms with Crippen LogP contribution in [-0.4, -0.2) is 33.0 Å². The quantitative estimate of drug-likeness (QED) is 0.311. The number of terminal acetylenes is 1. The first-order valence-corrected chi connectivity index (χ1v) is 13.9. The van der Waals surface area contributed by atoms with Crippen LogP contribution in [0.2, 0.25) is 5.02 Å². The number of benzene rings is 2. The summed E-state index contributed by atoms with van der Waals surface area (Å²) < 4.78 is 32.8. The highest BCUT2D eigenvalue weighted by atomic mass is 35.5. The molecule has 0 aliphatic heterocycles. The molecule has 8 heteroatoms. The summed E-state index contributed by atoms with van der Waals surface area (Å²) in [6.45, 7) is 4.99. The molecule has 1 N–H and O–H groups in total. The second-order valence-electron chi connectivity index (χ2n) is 7.87. The monoisotopic (exact) mass is 516 g/mol. The van der Waals surface area contributed by atoms with E-state index in [9.17, 15) is 8.42 Å². The summed E-state index contributed by atoms with van der Waals surface area (Å²) in [5.74, 6) is 3.14. The fourth-order valence-electron chi connectivity index (χ4n) is 3.46. The molecule has 0 radical (unpaired) electrons. The van der Waals surface area contributed by atoms with Crippen molar-refractivity contribution in [3.8, 4) is 18.1 Å². The Morgan fingerprint density at radius 2 is 1.91 bits per heavy atom. The Kier molecular flexibility index (Phi) is 10.00. The first kappa shape index (κ1) is 26.3. The van der Waals surface area contributed by atoms with Crippen LogP contribution in [-0.2, 0) is 29.5 Å². The Labute approximate surface area is 211 Å². The van der Waals surface area contributed by atoms with Crippen LogP contribution < -0.4 is 9.46 Å². The van der Waals surface area contributed by atoms with Gasteiger partial charge >= 0.3 is 0 Å². The van der Waals surface area contributed by atoms with Crippen LogP contribution in [0.5, 0.6) is 5.75 Å². The van der Waals surface area contributed by atoms with E-state index in [0.717, 1.165) is 42.8 Å². The van der Waals surface area contributed by atoms with Gasteiger partial charge in [0.25, 0.3) is 0 Å². The van der Waals surface area contributed by atoms with E-state index in [1.54, 1.807) is 23.5 Å². The van der Waals surface area contributed by atoms with Crippen molar-refractivity contribution in [3.05, 3.63) is 81.0 Å². The zero-order valence-electron chi connectivity index (χ0n) is 19.2. The van der Waals surface area contributed by atoms with E-state index in [-0.39, 0.29) is 11.4 Å². The maximum Gasteiger partial charge on any atom is 0.241 e. The van der Waals surface area contributed by atoms with Crippen LogP contribution in [0.1, 0.15) is 30.0 Å². The van der Waals surface area contributed by atoms with Gasteiger partial charge in [-0.3, -0.25) is 4.90 Å². The average molecular weight is 517 g/mol. The molecular weight excluding hydrogens is 488 g/mol. The molecule has 0 amide bonds. The first-order chi connectivity index (χ1) is 16.4. The topological polar surface area (TPSA) is 58.6 Å².